The van der Waals surface area contributed by atoms with E-state index in [-0.39, 0.29) is 36.2 Å². The van der Waals surface area contributed by atoms with E-state index in [0.29, 0.717) is 12.2 Å². The number of nitrogens with two attached hydrogens (primary N) is 1. The first-order valence-electron chi connectivity index (χ1n) is 5.75. The van der Waals surface area contributed by atoms with Crippen LogP contribution in [0.25, 0.3) is 0 Å². The van der Waals surface area contributed by atoms with Crippen molar-refractivity contribution >= 4 is 21.4 Å². The molecule has 0 aliphatic carbocycles. The summed E-state index contributed by atoms with van der Waals surface area (Å²) in [5, 5.41) is 4.09. The second-order valence-corrected chi connectivity index (χ2v) is 6.54. The van der Waals surface area contributed by atoms with Crippen molar-refractivity contribution in [3.63, 3.8) is 0 Å². The van der Waals surface area contributed by atoms with Crippen molar-refractivity contribution in [2.24, 2.45) is 0 Å². The Hall–Kier alpha value is -1.57. The van der Waals surface area contributed by atoms with E-state index in [2.05, 4.69) is 5.10 Å². The second kappa shape index (κ2) is 4.60. The maximum atomic E-state index is 12.1. The van der Waals surface area contributed by atoms with Crippen LogP contribution in [0.2, 0.25) is 0 Å². The topological polar surface area (TPSA) is 98.3 Å². The zero-order valence-corrected chi connectivity index (χ0v) is 11.0. The molecule has 1 aliphatic heterocycles. The highest BCUT2D eigenvalue weighted by Crippen LogP contribution is 2.14. The molecule has 2 heterocycles. The van der Waals surface area contributed by atoms with Crippen LogP contribution in [-0.2, 0) is 16.4 Å². The third-order valence-corrected chi connectivity index (χ3v) is 4.56. The van der Waals surface area contributed by atoms with Crippen molar-refractivity contribution in [1.29, 1.82) is 0 Å². The second-order valence-electron chi connectivity index (χ2n) is 4.23. The van der Waals surface area contributed by atoms with Gasteiger partial charge in [0.25, 0.3) is 5.91 Å². The Labute approximate surface area is 105 Å². The van der Waals surface area contributed by atoms with Gasteiger partial charge in [0, 0.05) is 25.8 Å². The smallest absolute Gasteiger partial charge is 0.276 e. The van der Waals surface area contributed by atoms with Gasteiger partial charge in [-0.1, -0.05) is 0 Å². The summed E-state index contributed by atoms with van der Waals surface area (Å²) in [4.78, 5) is 13.6. The number of carbonyl (C=O) groups excluding carboxylic acids is 1. The Morgan fingerprint density at radius 2 is 2.06 bits per heavy atom. The van der Waals surface area contributed by atoms with Crippen molar-refractivity contribution in [1.82, 2.24) is 14.7 Å². The number of sulfone groups is 1. The molecule has 0 bridgehead atoms. The number of aryl methyl sites for hydroxylation is 1. The molecule has 2 rings (SSSR count). The lowest BCUT2D eigenvalue weighted by atomic mass is 10.3. The molecule has 1 amide bonds. The van der Waals surface area contributed by atoms with Gasteiger partial charge in [-0.2, -0.15) is 5.10 Å². The zero-order valence-electron chi connectivity index (χ0n) is 10.2. The lowest BCUT2D eigenvalue weighted by molar-refractivity contribution is 0.0764. The summed E-state index contributed by atoms with van der Waals surface area (Å²) in [5.74, 6) is -0.283. The molecule has 8 heteroatoms. The molecule has 0 aromatic carbocycles. The number of amides is 1. The average Bonchev–Trinajstić information content (AvgIpc) is 2.70. The fourth-order valence-corrected chi connectivity index (χ4v) is 3.03. The molecule has 1 aromatic rings. The third-order valence-electron chi connectivity index (χ3n) is 2.95. The van der Waals surface area contributed by atoms with Crippen molar-refractivity contribution < 1.29 is 13.2 Å². The van der Waals surface area contributed by atoms with E-state index in [1.165, 1.54) is 4.90 Å². The van der Waals surface area contributed by atoms with Crippen LogP contribution in [0.5, 0.6) is 0 Å². The molecule has 1 fully saturated rings. The third kappa shape index (κ3) is 2.47. The summed E-state index contributed by atoms with van der Waals surface area (Å²) in [5.41, 5.74) is 6.26. The van der Waals surface area contributed by atoms with E-state index in [4.69, 9.17) is 5.73 Å². The Kier molecular flexibility index (Phi) is 3.29. The number of carbonyl (C=O) groups is 1. The van der Waals surface area contributed by atoms with Gasteiger partial charge in [0.15, 0.2) is 15.5 Å². The number of nitrogen functional groups attached to an aromatic ring is 1. The molecule has 1 aromatic heterocycles. The van der Waals surface area contributed by atoms with Crippen LogP contribution in [0.1, 0.15) is 17.4 Å². The van der Waals surface area contributed by atoms with Crippen molar-refractivity contribution in [2.75, 3.05) is 30.3 Å². The Balaban J connectivity index is 2.14. The summed E-state index contributed by atoms with van der Waals surface area (Å²) in [7, 11) is -2.99. The number of aromatic nitrogens is 2. The molecule has 100 valence electrons. The van der Waals surface area contributed by atoms with Gasteiger partial charge in [-0.25, -0.2) is 8.42 Å². The van der Waals surface area contributed by atoms with Gasteiger partial charge in [0.1, 0.15) is 0 Å². The molecule has 0 spiro atoms. The zero-order chi connectivity index (χ0) is 13.3. The van der Waals surface area contributed by atoms with E-state index < -0.39 is 9.84 Å². The molecule has 1 saturated heterocycles. The summed E-state index contributed by atoms with van der Waals surface area (Å²) in [6, 6.07) is 0. The summed E-state index contributed by atoms with van der Waals surface area (Å²) in [6.45, 7) is 2.94. The van der Waals surface area contributed by atoms with Crippen LogP contribution in [-0.4, -0.2) is 53.6 Å². The van der Waals surface area contributed by atoms with E-state index in [1.54, 1.807) is 10.9 Å². The average molecular weight is 272 g/mol. The van der Waals surface area contributed by atoms with Crippen LogP contribution < -0.4 is 5.73 Å². The Morgan fingerprint density at radius 3 is 2.56 bits per heavy atom. The van der Waals surface area contributed by atoms with Gasteiger partial charge in [0.05, 0.1) is 17.2 Å². The number of anilines is 1. The van der Waals surface area contributed by atoms with Gasteiger partial charge in [-0.05, 0) is 6.92 Å². The predicted octanol–water partition coefficient (Wildman–Crippen LogP) is -0.644. The first-order chi connectivity index (χ1) is 8.43. The highest BCUT2D eigenvalue weighted by molar-refractivity contribution is 7.91. The van der Waals surface area contributed by atoms with Crippen molar-refractivity contribution in [3.05, 3.63) is 11.9 Å². The summed E-state index contributed by atoms with van der Waals surface area (Å²) >= 11 is 0. The van der Waals surface area contributed by atoms with Crippen LogP contribution in [0, 0.1) is 0 Å². The molecule has 7 nitrogen and oxygen atoms in total. The minimum Gasteiger partial charge on any atom is -0.396 e. The Morgan fingerprint density at radius 1 is 1.44 bits per heavy atom. The number of nitrogens with zero attached hydrogens (tertiary/aromatic N) is 3. The predicted molar refractivity (Wildman–Crippen MR) is 66.9 cm³/mol. The van der Waals surface area contributed by atoms with E-state index in [1.807, 2.05) is 6.92 Å². The van der Waals surface area contributed by atoms with Gasteiger partial charge in [-0.15, -0.1) is 0 Å². The molecular weight excluding hydrogens is 256 g/mol. The molecule has 0 radical (unpaired) electrons. The molecule has 0 saturated carbocycles. The van der Waals surface area contributed by atoms with Crippen molar-refractivity contribution in [3.8, 4) is 0 Å². The van der Waals surface area contributed by atoms with Crippen LogP contribution in [0.3, 0.4) is 0 Å². The minimum atomic E-state index is -2.99. The van der Waals surface area contributed by atoms with Crippen LogP contribution >= 0.6 is 0 Å². The highest BCUT2D eigenvalue weighted by atomic mass is 32.2. The quantitative estimate of drug-likeness (QED) is 0.772. The highest BCUT2D eigenvalue weighted by Gasteiger charge is 2.28. The maximum Gasteiger partial charge on any atom is 0.276 e. The van der Waals surface area contributed by atoms with Gasteiger partial charge in [-0.3, -0.25) is 9.48 Å². The van der Waals surface area contributed by atoms with E-state index in [9.17, 15) is 13.2 Å². The SMILES string of the molecule is CCn1cc(N)c(C(=O)N2CCS(=O)(=O)CC2)n1. The first-order valence-corrected chi connectivity index (χ1v) is 7.57. The van der Waals surface area contributed by atoms with Crippen molar-refractivity contribution in [2.45, 2.75) is 13.5 Å². The summed E-state index contributed by atoms with van der Waals surface area (Å²) < 4.78 is 24.2. The van der Waals surface area contributed by atoms with E-state index in [0.717, 1.165) is 0 Å². The Bertz CT molecular complexity index is 550. The van der Waals surface area contributed by atoms with Crippen LogP contribution in [0.4, 0.5) is 5.69 Å². The molecule has 2 N–H and O–H groups in total. The van der Waals surface area contributed by atoms with Gasteiger partial charge >= 0.3 is 0 Å². The number of hydrogen-bond acceptors (Lipinski definition) is 5. The van der Waals surface area contributed by atoms with Gasteiger partial charge in [0.2, 0.25) is 0 Å². The molecule has 0 atom stereocenters. The molecule has 0 unspecified atom stereocenters. The molecular formula is C10H16N4O3S. The summed E-state index contributed by atoms with van der Waals surface area (Å²) in [6.07, 6.45) is 1.61. The fourth-order valence-electron chi connectivity index (χ4n) is 1.83. The lowest BCUT2D eigenvalue weighted by Crippen LogP contribution is -2.44. The lowest BCUT2D eigenvalue weighted by Gasteiger charge is -2.26. The van der Waals surface area contributed by atoms with E-state index >= 15 is 0 Å². The maximum absolute atomic E-state index is 12.1. The number of rotatable bonds is 2. The normalized spacial score (nSPS) is 18.8. The largest absolute Gasteiger partial charge is 0.396 e. The fraction of sp³-hybridized carbons (Fsp3) is 0.600. The standard InChI is InChI=1S/C10H16N4O3S/c1-2-14-7-8(11)9(12-14)10(15)13-3-5-18(16,17)6-4-13/h7H,2-6,11H2,1H3. The number of hydrogen-bond donors (Lipinski definition) is 1. The monoisotopic (exact) mass is 272 g/mol. The first kappa shape index (κ1) is 12.9. The molecule has 18 heavy (non-hydrogen) atoms. The van der Waals surface area contributed by atoms with Crippen LogP contribution in [0.15, 0.2) is 6.20 Å². The van der Waals surface area contributed by atoms with Gasteiger partial charge < -0.3 is 10.6 Å². The minimum absolute atomic E-state index is 0.00707. The molecule has 1 aliphatic rings.